The Hall–Kier alpha value is -2.15. The van der Waals surface area contributed by atoms with Gasteiger partial charge >= 0.3 is 5.97 Å². The lowest BCUT2D eigenvalue weighted by atomic mass is 9.76. The molecule has 0 spiro atoms. The smallest absolute Gasteiger partial charge is 0.331 e. The van der Waals surface area contributed by atoms with Crippen LogP contribution in [0.3, 0.4) is 0 Å². The number of halogens is 1. The van der Waals surface area contributed by atoms with Crippen molar-refractivity contribution >= 4 is 17.6 Å². The molecule has 1 fully saturated rings. The molecule has 0 radical (unpaired) electrons. The van der Waals surface area contributed by atoms with E-state index in [4.69, 9.17) is 16.3 Å². The molecule has 0 unspecified atom stereocenters. The average molecular weight is 309 g/mol. The van der Waals surface area contributed by atoms with Crippen molar-refractivity contribution in [1.29, 1.82) is 0 Å². The second-order valence-corrected chi connectivity index (χ2v) is 5.39. The van der Waals surface area contributed by atoms with Gasteiger partial charge in [-0.05, 0) is 47.9 Å². The molecular formula is C13H13ClN4O3. The van der Waals surface area contributed by atoms with Gasteiger partial charge in [0.15, 0.2) is 11.4 Å². The van der Waals surface area contributed by atoms with Gasteiger partial charge in [0.2, 0.25) is 0 Å². The van der Waals surface area contributed by atoms with Gasteiger partial charge in [-0.25, -0.2) is 9.48 Å². The largest absolute Gasteiger partial charge is 0.496 e. The molecular weight excluding hydrogens is 296 g/mol. The maximum Gasteiger partial charge on any atom is 0.331 e. The van der Waals surface area contributed by atoms with E-state index in [1.165, 1.54) is 11.8 Å². The number of carbonyl (C=O) groups is 1. The molecule has 1 saturated carbocycles. The number of tetrazole rings is 1. The monoisotopic (exact) mass is 308 g/mol. The van der Waals surface area contributed by atoms with Crippen LogP contribution in [0.5, 0.6) is 5.75 Å². The molecule has 0 atom stereocenters. The maximum atomic E-state index is 11.6. The second-order valence-electron chi connectivity index (χ2n) is 4.95. The van der Waals surface area contributed by atoms with Crippen LogP contribution in [-0.4, -0.2) is 38.4 Å². The van der Waals surface area contributed by atoms with E-state index in [9.17, 15) is 9.90 Å². The SMILES string of the molecule is COc1cc(Cl)ccc1-c1nnnn1C1(C(=O)O)CCC1. The first kappa shape index (κ1) is 13.8. The first-order chi connectivity index (χ1) is 10.1. The number of carboxylic acid groups (broad SMARTS) is 1. The molecule has 1 aromatic carbocycles. The summed E-state index contributed by atoms with van der Waals surface area (Å²) in [5.74, 6) is -0.0562. The Morgan fingerprint density at radius 3 is 2.81 bits per heavy atom. The summed E-state index contributed by atoms with van der Waals surface area (Å²) >= 11 is 5.94. The molecule has 1 aromatic heterocycles. The number of aromatic nitrogens is 4. The maximum absolute atomic E-state index is 11.6. The number of hydrogen-bond donors (Lipinski definition) is 1. The quantitative estimate of drug-likeness (QED) is 0.928. The average Bonchev–Trinajstić information content (AvgIpc) is 2.86. The highest BCUT2D eigenvalue weighted by Crippen LogP contribution is 2.42. The van der Waals surface area contributed by atoms with Crippen molar-refractivity contribution in [3.63, 3.8) is 0 Å². The van der Waals surface area contributed by atoms with E-state index in [1.54, 1.807) is 18.2 Å². The van der Waals surface area contributed by atoms with Crippen molar-refractivity contribution in [1.82, 2.24) is 20.2 Å². The van der Waals surface area contributed by atoms with Gasteiger partial charge in [-0.1, -0.05) is 11.6 Å². The van der Waals surface area contributed by atoms with Crippen LogP contribution in [0.4, 0.5) is 0 Å². The molecule has 7 nitrogen and oxygen atoms in total. The lowest BCUT2D eigenvalue weighted by Gasteiger charge is -2.37. The van der Waals surface area contributed by atoms with Gasteiger partial charge in [0.25, 0.3) is 0 Å². The van der Waals surface area contributed by atoms with E-state index >= 15 is 0 Å². The zero-order valence-corrected chi connectivity index (χ0v) is 12.0. The summed E-state index contributed by atoms with van der Waals surface area (Å²) < 4.78 is 6.67. The van der Waals surface area contributed by atoms with Gasteiger partial charge in [0.05, 0.1) is 12.7 Å². The fourth-order valence-corrected chi connectivity index (χ4v) is 2.68. The van der Waals surface area contributed by atoms with Gasteiger partial charge in [-0.15, -0.1) is 5.10 Å². The number of ether oxygens (including phenoxy) is 1. The first-order valence-corrected chi connectivity index (χ1v) is 6.82. The molecule has 3 rings (SSSR count). The number of nitrogens with zero attached hydrogens (tertiary/aromatic N) is 4. The molecule has 0 saturated heterocycles. The summed E-state index contributed by atoms with van der Waals surface area (Å²) in [6, 6.07) is 5.05. The Morgan fingerprint density at radius 2 is 2.24 bits per heavy atom. The van der Waals surface area contributed by atoms with Crippen LogP contribution in [0, 0.1) is 0 Å². The summed E-state index contributed by atoms with van der Waals surface area (Å²) in [5, 5.41) is 21.5. The standard InChI is InChI=1S/C13H13ClN4O3/c1-21-10-7-8(14)3-4-9(10)11-15-16-17-18(11)13(12(19)20)5-2-6-13/h3-4,7H,2,5-6H2,1H3,(H,19,20). The van der Waals surface area contributed by atoms with E-state index in [2.05, 4.69) is 15.5 Å². The molecule has 1 N–H and O–H groups in total. The normalized spacial score (nSPS) is 16.3. The highest BCUT2D eigenvalue weighted by molar-refractivity contribution is 6.30. The van der Waals surface area contributed by atoms with Crippen molar-refractivity contribution in [2.75, 3.05) is 7.11 Å². The summed E-state index contributed by atoms with van der Waals surface area (Å²) in [5.41, 5.74) is -0.455. The van der Waals surface area contributed by atoms with Crippen LogP contribution >= 0.6 is 11.6 Å². The van der Waals surface area contributed by atoms with Crippen molar-refractivity contribution < 1.29 is 14.6 Å². The zero-order valence-electron chi connectivity index (χ0n) is 11.3. The van der Waals surface area contributed by atoms with Crippen LogP contribution < -0.4 is 4.74 Å². The fraction of sp³-hybridized carbons (Fsp3) is 0.385. The van der Waals surface area contributed by atoms with Crippen molar-refractivity contribution in [3.05, 3.63) is 23.2 Å². The summed E-state index contributed by atoms with van der Waals surface area (Å²) in [6.45, 7) is 0. The van der Waals surface area contributed by atoms with Gasteiger partial charge in [0.1, 0.15) is 5.75 Å². The molecule has 0 bridgehead atoms. The van der Waals surface area contributed by atoms with Gasteiger partial charge in [-0.2, -0.15) is 0 Å². The minimum absolute atomic E-state index is 0.366. The molecule has 1 heterocycles. The van der Waals surface area contributed by atoms with E-state index < -0.39 is 11.5 Å². The predicted octanol–water partition coefficient (Wildman–Crippen LogP) is 1.97. The Morgan fingerprint density at radius 1 is 1.48 bits per heavy atom. The Bertz CT molecular complexity index is 696. The summed E-state index contributed by atoms with van der Waals surface area (Å²) in [4.78, 5) is 11.6. The van der Waals surface area contributed by atoms with Gasteiger partial charge in [-0.3, -0.25) is 0 Å². The zero-order chi connectivity index (χ0) is 15.0. The Labute approximate surface area is 125 Å². The number of hydrogen-bond acceptors (Lipinski definition) is 5. The highest BCUT2D eigenvalue weighted by Gasteiger charge is 2.49. The third-order valence-corrected chi connectivity index (χ3v) is 4.09. The third-order valence-electron chi connectivity index (χ3n) is 3.86. The fourth-order valence-electron chi connectivity index (χ4n) is 2.52. The summed E-state index contributed by atoms with van der Waals surface area (Å²) in [7, 11) is 1.51. The topological polar surface area (TPSA) is 90.1 Å². The molecule has 1 aliphatic rings. The molecule has 21 heavy (non-hydrogen) atoms. The summed E-state index contributed by atoms with van der Waals surface area (Å²) in [6.07, 6.45) is 1.86. The number of benzene rings is 1. The number of aliphatic carboxylic acids is 1. The second kappa shape index (κ2) is 5.00. The lowest BCUT2D eigenvalue weighted by Crippen LogP contribution is -2.48. The molecule has 2 aromatic rings. The number of carboxylic acids is 1. The Kier molecular flexibility index (Phi) is 3.29. The molecule has 0 aliphatic heterocycles. The number of rotatable bonds is 4. The molecule has 0 amide bonds. The number of methoxy groups -OCH3 is 1. The van der Waals surface area contributed by atoms with E-state index in [-0.39, 0.29) is 0 Å². The van der Waals surface area contributed by atoms with Crippen LogP contribution in [0.25, 0.3) is 11.4 Å². The van der Waals surface area contributed by atoms with Crippen molar-refractivity contribution in [2.45, 2.75) is 24.8 Å². The lowest BCUT2D eigenvalue weighted by molar-refractivity contribution is -0.153. The van der Waals surface area contributed by atoms with Gasteiger partial charge < -0.3 is 9.84 Å². The highest BCUT2D eigenvalue weighted by atomic mass is 35.5. The van der Waals surface area contributed by atoms with Crippen LogP contribution in [-0.2, 0) is 10.3 Å². The molecule has 1 aliphatic carbocycles. The van der Waals surface area contributed by atoms with Gasteiger partial charge in [0, 0.05) is 5.02 Å². The van der Waals surface area contributed by atoms with E-state index in [0.717, 1.165) is 6.42 Å². The minimum Gasteiger partial charge on any atom is -0.496 e. The molecule has 8 heteroatoms. The van der Waals surface area contributed by atoms with E-state index in [1.807, 2.05) is 0 Å². The first-order valence-electron chi connectivity index (χ1n) is 6.45. The third kappa shape index (κ3) is 2.04. The minimum atomic E-state index is -1.07. The van der Waals surface area contributed by atoms with Crippen LogP contribution in [0.1, 0.15) is 19.3 Å². The van der Waals surface area contributed by atoms with Crippen molar-refractivity contribution in [2.24, 2.45) is 0 Å². The van der Waals surface area contributed by atoms with Crippen molar-refractivity contribution in [3.8, 4) is 17.1 Å². The predicted molar refractivity (Wildman–Crippen MR) is 74.3 cm³/mol. The molecule has 110 valence electrons. The van der Waals surface area contributed by atoms with E-state index in [0.29, 0.717) is 35.0 Å². The van der Waals surface area contributed by atoms with Crippen LogP contribution in [0.2, 0.25) is 5.02 Å². The Balaban J connectivity index is 2.14. The van der Waals surface area contributed by atoms with Crippen LogP contribution in [0.15, 0.2) is 18.2 Å².